The topological polar surface area (TPSA) is 142 Å². The second kappa shape index (κ2) is 9.98. The van der Waals surface area contributed by atoms with Gasteiger partial charge in [0.1, 0.15) is 11.4 Å². The number of nitro groups is 1. The maximum absolute atomic E-state index is 12.6. The van der Waals surface area contributed by atoms with Gasteiger partial charge in [-0.2, -0.15) is 4.98 Å². The van der Waals surface area contributed by atoms with Crippen molar-refractivity contribution < 1.29 is 22.8 Å². The quantitative estimate of drug-likeness (QED) is 0.404. The number of halogens is 3. The third-order valence-electron chi connectivity index (χ3n) is 5.58. The van der Waals surface area contributed by atoms with Crippen molar-refractivity contribution >= 4 is 17.5 Å². The summed E-state index contributed by atoms with van der Waals surface area (Å²) in [7, 11) is 0. The van der Waals surface area contributed by atoms with Gasteiger partial charge in [0.05, 0.1) is 4.92 Å². The Labute approximate surface area is 182 Å². The fraction of sp³-hybridized carbons (Fsp3) is 0.500. The molecule has 1 saturated carbocycles. The molecule has 9 nitrogen and oxygen atoms in total. The van der Waals surface area contributed by atoms with E-state index in [1.54, 1.807) is 6.07 Å². The first-order chi connectivity index (χ1) is 15.2. The Kier molecular flexibility index (Phi) is 7.33. The van der Waals surface area contributed by atoms with Crippen molar-refractivity contribution in [1.29, 1.82) is 0 Å². The van der Waals surface area contributed by atoms with Crippen LogP contribution in [-0.4, -0.2) is 27.8 Å². The summed E-state index contributed by atoms with van der Waals surface area (Å²) in [6.45, 7) is 0.533. The lowest BCUT2D eigenvalue weighted by Crippen LogP contribution is -2.23. The van der Waals surface area contributed by atoms with Gasteiger partial charge in [-0.05, 0) is 56.6 Å². The van der Waals surface area contributed by atoms with Crippen LogP contribution in [0.5, 0.6) is 5.75 Å². The highest BCUT2D eigenvalue weighted by Crippen LogP contribution is 2.34. The Bertz CT molecular complexity index is 949. The number of nitrogens with zero attached hydrogens (tertiary/aromatic N) is 3. The van der Waals surface area contributed by atoms with E-state index in [0.717, 1.165) is 25.7 Å². The van der Waals surface area contributed by atoms with Gasteiger partial charge in [0, 0.05) is 12.1 Å². The van der Waals surface area contributed by atoms with Gasteiger partial charge in [-0.25, -0.2) is 4.98 Å². The average Bonchev–Trinajstić information content (AvgIpc) is 2.72. The number of rotatable bonds is 8. The summed E-state index contributed by atoms with van der Waals surface area (Å²) in [5.41, 5.74) is 11.6. The molecule has 1 fully saturated rings. The summed E-state index contributed by atoms with van der Waals surface area (Å²) >= 11 is 0. The minimum absolute atomic E-state index is 0.000515. The number of nitrogen functional groups attached to an aromatic ring is 1. The number of nitrogens with two attached hydrogens (primary N) is 2. The minimum Gasteiger partial charge on any atom is -0.405 e. The van der Waals surface area contributed by atoms with Gasteiger partial charge in [0.25, 0.3) is 0 Å². The maximum Gasteiger partial charge on any atom is 0.573 e. The summed E-state index contributed by atoms with van der Waals surface area (Å²) in [4.78, 5) is 19.1. The molecule has 1 aliphatic rings. The van der Waals surface area contributed by atoms with Crippen LogP contribution in [-0.2, 0) is 13.0 Å². The highest BCUT2D eigenvalue weighted by molar-refractivity contribution is 5.58. The zero-order valence-electron chi connectivity index (χ0n) is 17.3. The molecule has 3 rings (SSSR count). The standard InChI is InChI=1S/C20H25F3N6O3/c21-20(22,23)32-16-4-2-1-3-14(16)11-26-19-27-15(17(29(30)31)18(25)28-19)9-12-5-7-13(10-24)8-6-12/h1-4,12-13H,5-11,24H2,(H3,25,26,27,28). The monoisotopic (exact) mass is 454 g/mol. The first-order valence-corrected chi connectivity index (χ1v) is 10.2. The van der Waals surface area contributed by atoms with Crippen molar-refractivity contribution in [3.8, 4) is 5.75 Å². The molecule has 1 aromatic carbocycles. The molecule has 0 radical (unpaired) electrons. The Morgan fingerprint density at radius 1 is 1.16 bits per heavy atom. The third kappa shape index (κ3) is 6.19. The van der Waals surface area contributed by atoms with Crippen LogP contribution in [0, 0.1) is 22.0 Å². The lowest BCUT2D eigenvalue weighted by atomic mass is 9.80. The van der Waals surface area contributed by atoms with E-state index in [-0.39, 0.29) is 46.9 Å². The maximum atomic E-state index is 12.6. The van der Waals surface area contributed by atoms with E-state index in [2.05, 4.69) is 20.0 Å². The molecule has 174 valence electrons. The molecule has 12 heteroatoms. The van der Waals surface area contributed by atoms with E-state index in [9.17, 15) is 23.3 Å². The highest BCUT2D eigenvalue weighted by atomic mass is 19.4. The number of alkyl halides is 3. The number of hydrogen-bond donors (Lipinski definition) is 3. The first-order valence-electron chi connectivity index (χ1n) is 10.2. The Balaban J connectivity index is 1.78. The number of para-hydroxylation sites is 1. The number of anilines is 2. The van der Waals surface area contributed by atoms with Crippen molar-refractivity contribution in [3.63, 3.8) is 0 Å². The summed E-state index contributed by atoms with van der Waals surface area (Å²) in [6.07, 6.45) is -0.793. The molecule has 2 aromatic rings. The van der Waals surface area contributed by atoms with Gasteiger partial charge in [0.15, 0.2) is 0 Å². The second-order valence-corrected chi connectivity index (χ2v) is 7.82. The van der Waals surface area contributed by atoms with Gasteiger partial charge in [-0.1, -0.05) is 18.2 Å². The van der Waals surface area contributed by atoms with Crippen molar-refractivity contribution in [2.24, 2.45) is 17.6 Å². The SMILES string of the molecule is NCC1CCC(Cc2nc(NCc3ccccc3OC(F)(F)F)nc(N)c2[N+](=O)[O-])CC1. The zero-order valence-corrected chi connectivity index (χ0v) is 17.3. The summed E-state index contributed by atoms with van der Waals surface area (Å²) in [6, 6.07) is 5.63. The number of hydrogen-bond acceptors (Lipinski definition) is 8. The van der Waals surface area contributed by atoms with Crippen LogP contribution in [0.3, 0.4) is 0 Å². The van der Waals surface area contributed by atoms with Crippen LogP contribution in [0.25, 0.3) is 0 Å². The molecule has 0 amide bonds. The summed E-state index contributed by atoms with van der Waals surface area (Å²) in [5, 5.41) is 14.3. The van der Waals surface area contributed by atoms with Gasteiger partial charge in [-0.15, -0.1) is 13.2 Å². The van der Waals surface area contributed by atoms with Crippen molar-refractivity contribution in [3.05, 3.63) is 45.6 Å². The predicted molar refractivity (Wildman–Crippen MR) is 112 cm³/mol. The number of aromatic nitrogens is 2. The zero-order chi connectivity index (χ0) is 23.3. The van der Waals surface area contributed by atoms with Crippen LogP contribution >= 0.6 is 0 Å². The Hall–Kier alpha value is -3.15. The molecular formula is C20H25F3N6O3. The van der Waals surface area contributed by atoms with Crippen LogP contribution in [0.4, 0.5) is 30.6 Å². The van der Waals surface area contributed by atoms with Gasteiger partial charge in [0.2, 0.25) is 11.8 Å². The number of ether oxygens (including phenoxy) is 1. The van der Waals surface area contributed by atoms with Crippen LogP contribution in [0.15, 0.2) is 24.3 Å². The number of benzene rings is 1. The molecular weight excluding hydrogens is 429 g/mol. The first kappa shape index (κ1) is 23.5. The van der Waals surface area contributed by atoms with E-state index in [1.807, 2.05) is 0 Å². The number of nitrogens with one attached hydrogen (secondary N) is 1. The van der Waals surface area contributed by atoms with Crippen molar-refractivity contribution in [1.82, 2.24) is 9.97 Å². The van der Waals surface area contributed by atoms with E-state index >= 15 is 0 Å². The van der Waals surface area contributed by atoms with Gasteiger partial charge >= 0.3 is 12.0 Å². The molecule has 1 aromatic heterocycles. The smallest absolute Gasteiger partial charge is 0.405 e. The lowest BCUT2D eigenvalue weighted by Gasteiger charge is -2.27. The van der Waals surface area contributed by atoms with E-state index < -0.39 is 11.3 Å². The normalized spacial score (nSPS) is 18.9. The Morgan fingerprint density at radius 3 is 2.44 bits per heavy atom. The predicted octanol–water partition coefficient (Wildman–Crippen LogP) is 3.79. The fourth-order valence-corrected chi connectivity index (χ4v) is 3.93. The molecule has 1 heterocycles. The largest absolute Gasteiger partial charge is 0.573 e. The molecule has 0 aliphatic heterocycles. The third-order valence-corrected chi connectivity index (χ3v) is 5.58. The minimum atomic E-state index is -4.83. The van der Waals surface area contributed by atoms with Crippen molar-refractivity contribution in [2.45, 2.75) is 45.0 Å². The Morgan fingerprint density at radius 2 is 1.81 bits per heavy atom. The fourth-order valence-electron chi connectivity index (χ4n) is 3.93. The molecule has 0 atom stereocenters. The van der Waals surface area contributed by atoms with Crippen molar-refractivity contribution in [2.75, 3.05) is 17.6 Å². The van der Waals surface area contributed by atoms with Crippen LogP contribution in [0.1, 0.15) is 36.9 Å². The lowest BCUT2D eigenvalue weighted by molar-refractivity contribution is -0.385. The summed E-state index contributed by atoms with van der Waals surface area (Å²) in [5.74, 6) is 0.0188. The average molecular weight is 454 g/mol. The van der Waals surface area contributed by atoms with E-state index in [1.165, 1.54) is 18.2 Å². The molecule has 0 saturated heterocycles. The van der Waals surface area contributed by atoms with Gasteiger partial charge in [-0.3, -0.25) is 10.1 Å². The van der Waals surface area contributed by atoms with Crippen LogP contribution in [0.2, 0.25) is 0 Å². The van der Waals surface area contributed by atoms with Crippen LogP contribution < -0.4 is 21.5 Å². The molecule has 1 aliphatic carbocycles. The second-order valence-electron chi connectivity index (χ2n) is 7.82. The van der Waals surface area contributed by atoms with E-state index in [0.29, 0.717) is 18.9 Å². The molecule has 0 bridgehead atoms. The summed E-state index contributed by atoms with van der Waals surface area (Å²) < 4.78 is 41.9. The molecule has 0 unspecified atom stereocenters. The highest BCUT2D eigenvalue weighted by Gasteiger charge is 2.32. The molecule has 5 N–H and O–H groups in total. The molecule has 32 heavy (non-hydrogen) atoms. The van der Waals surface area contributed by atoms with Gasteiger partial charge < -0.3 is 21.5 Å². The molecule has 0 spiro atoms. The van der Waals surface area contributed by atoms with E-state index in [4.69, 9.17) is 11.5 Å².